The van der Waals surface area contributed by atoms with Gasteiger partial charge in [-0.2, -0.15) is 0 Å². The summed E-state index contributed by atoms with van der Waals surface area (Å²) in [5, 5.41) is 0. The van der Waals surface area contributed by atoms with Gasteiger partial charge < -0.3 is 4.74 Å². The maximum Gasteiger partial charge on any atom is 0.346 e. The summed E-state index contributed by atoms with van der Waals surface area (Å²) in [5.41, 5.74) is -0.445. The lowest BCUT2D eigenvalue weighted by Crippen LogP contribution is -2.04. The maximum absolute atomic E-state index is 12.9. The van der Waals surface area contributed by atoms with E-state index in [1.807, 2.05) is 0 Å². The largest absolute Gasteiger partial charge is 0.431 e. The lowest BCUT2D eigenvalue weighted by molar-refractivity contribution is 0.0658. The molecule has 13 heavy (non-hydrogen) atoms. The van der Waals surface area contributed by atoms with Crippen molar-refractivity contribution in [3.05, 3.63) is 48.2 Å². The summed E-state index contributed by atoms with van der Waals surface area (Å²) in [6.07, 6.45) is 0.854. The molecule has 0 fully saturated rings. The third-order valence-corrected chi connectivity index (χ3v) is 1.36. The van der Waals surface area contributed by atoms with Gasteiger partial charge in [0.25, 0.3) is 0 Å². The monoisotopic (exact) mass is 184 g/mol. The highest BCUT2D eigenvalue weighted by molar-refractivity contribution is 5.90. The Bertz CT molecular complexity index is 347. The van der Waals surface area contributed by atoms with Crippen molar-refractivity contribution < 1.29 is 18.3 Å². The van der Waals surface area contributed by atoms with Gasteiger partial charge in [-0.05, 0) is 12.1 Å². The van der Waals surface area contributed by atoms with Crippen LogP contribution in [0, 0.1) is 11.6 Å². The van der Waals surface area contributed by atoms with Crippen LogP contribution in [-0.2, 0) is 4.74 Å². The summed E-state index contributed by atoms with van der Waals surface area (Å²) in [6.45, 7) is 3.12. The first kappa shape index (κ1) is 9.38. The van der Waals surface area contributed by atoms with Crippen LogP contribution >= 0.6 is 0 Å². The molecule has 2 nitrogen and oxygen atoms in total. The summed E-state index contributed by atoms with van der Waals surface area (Å²) >= 11 is 0. The van der Waals surface area contributed by atoms with E-state index in [-0.39, 0.29) is 0 Å². The SMILES string of the molecule is C=COC(=O)c1cccc(F)c1F. The second-order valence-electron chi connectivity index (χ2n) is 2.17. The molecule has 0 saturated heterocycles. The van der Waals surface area contributed by atoms with Crippen molar-refractivity contribution in [1.29, 1.82) is 0 Å². The van der Waals surface area contributed by atoms with Gasteiger partial charge in [-0.1, -0.05) is 12.6 Å². The van der Waals surface area contributed by atoms with Gasteiger partial charge in [0.05, 0.1) is 11.8 Å². The molecule has 0 amide bonds. The third-order valence-electron chi connectivity index (χ3n) is 1.36. The molecule has 0 radical (unpaired) electrons. The zero-order chi connectivity index (χ0) is 9.84. The molecular formula is C9H6F2O2. The van der Waals surface area contributed by atoms with Crippen molar-refractivity contribution in [3.8, 4) is 0 Å². The van der Waals surface area contributed by atoms with Gasteiger partial charge in [0.2, 0.25) is 0 Å². The van der Waals surface area contributed by atoms with Crippen molar-refractivity contribution in [2.45, 2.75) is 0 Å². The molecule has 0 spiro atoms. The van der Waals surface area contributed by atoms with E-state index in [4.69, 9.17) is 0 Å². The Morgan fingerprint density at radius 1 is 1.46 bits per heavy atom. The molecule has 0 aliphatic carbocycles. The van der Waals surface area contributed by atoms with E-state index >= 15 is 0 Å². The molecule has 0 aliphatic rings. The van der Waals surface area contributed by atoms with Crippen LogP contribution in [0.25, 0.3) is 0 Å². The average Bonchev–Trinajstić information content (AvgIpc) is 2.10. The maximum atomic E-state index is 12.9. The van der Waals surface area contributed by atoms with Gasteiger partial charge >= 0.3 is 5.97 Å². The van der Waals surface area contributed by atoms with Crippen LogP contribution in [0.5, 0.6) is 0 Å². The molecule has 0 atom stereocenters. The average molecular weight is 184 g/mol. The first-order chi connectivity index (χ1) is 6.16. The van der Waals surface area contributed by atoms with Crippen LogP contribution < -0.4 is 0 Å². The minimum atomic E-state index is -1.21. The standard InChI is InChI=1S/C9H6F2O2/c1-2-13-9(12)6-4-3-5-7(10)8(6)11/h2-5H,1H2. The van der Waals surface area contributed by atoms with Crippen molar-refractivity contribution >= 4 is 5.97 Å². The molecular weight excluding hydrogens is 178 g/mol. The van der Waals surface area contributed by atoms with Crippen molar-refractivity contribution in [3.63, 3.8) is 0 Å². The van der Waals surface area contributed by atoms with Gasteiger partial charge in [0.1, 0.15) is 0 Å². The summed E-state index contributed by atoms with van der Waals surface area (Å²) in [4.78, 5) is 10.9. The number of benzene rings is 1. The van der Waals surface area contributed by atoms with Crippen molar-refractivity contribution in [2.24, 2.45) is 0 Å². The Morgan fingerprint density at radius 3 is 2.77 bits per heavy atom. The lowest BCUT2D eigenvalue weighted by atomic mass is 10.2. The topological polar surface area (TPSA) is 26.3 Å². The fourth-order valence-corrected chi connectivity index (χ4v) is 0.801. The number of ether oxygens (including phenoxy) is 1. The van der Waals surface area contributed by atoms with E-state index in [9.17, 15) is 13.6 Å². The van der Waals surface area contributed by atoms with Crippen LogP contribution in [0.15, 0.2) is 31.0 Å². The highest BCUT2D eigenvalue weighted by atomic mass is 19.2. The second kappa shape index (κ2) is 3.80. The number of halogens is 2. The van der Waals surface area contributed by atoms with Gasteiger partial charge in [-0.25, -0.2) is 13.6 Å². The molecule has 0 aromatic heterocycles. The molecule has 0 aliphatic heterocycles. The van der Waals surface area contributed by atoms with Crippen LogP contribution in [0.4, 0.5) is 8.78 Å². The molecule has 0 unspecified atom stereocenters. The number of esters is 1. The molecule has 1 aromatic rings. The Kier molecular flexibility index (Phi) is 2.74. The van der Waals surface area contributed by atoms with E-state index in [1.165, 1.54) is 6.07 Å². The Hall–Kier alpha value is -1.71. The molecule has 1 aromatic carbocycles. The first-order valence-electron chi connectivity index (χ1n) is 3.42. The van der Waals surface area contributed by atoms with Crippen LogP contribution in [0.3, 0.4) is 0 Å². The molecule has 4 heteroatoms. The van der Waals surface area contributed by atoms with Crippen LogP contribution in [-0.4, -0.2) is 5.97 Å². The Balaban J connectivity index is 3.07. The van der Waals surface area contributed by atoms with Crippen LogP contribution in [0.2, 0.25) is 0 Å². The second-order valence-corrected chi connectivity index (χ2v) is 2.17. The minimum absolute atomic E-state index is 0.445. The lowest BCUT2D eigenvalue weighted by Gasteiger charge is -2.00. The van der Waals surface area contributed by atoms with Crippen LogP contribution in [0.1, 0.15) is 10.4 Å². The molecule has 0 bridgehead atoms. The Morgan fingerprint density at radius 2 is 2.15 bits per heavy atom. The van der Waals surface area contributed by atoms with Gasteiger partial charge in [-0.3, -0.25) is 0 Å². The van der Waals surface area contributed by atoms with Gasteiger partial charge in [-0.15, -0.1) is 0 Å². The highest BCUT2D eigenvalue weighted by Crippen LogP contribution is 2.12. The number of hydrogen-bond acceptors (Lipinski definition) is 2. The summed E-state index contributed by atoms with van der Waals surface area (Å²) in [7, 11) is 0. The van der Waals surface area contributed by atoms with E-state index in [0.717, 1.165) is 18.4 Å². The molecule has 0 N–H and O–H groups in total. The predicted molar refractivity (Wildman–Crippen MR) is 42.0 cm³/mol. The van der Waals surface area contributed by atoms with E-state index in [0.29, 0.717) is 0 Å². The number of hydrogen-bond donors (Lipinski definition) is 0. The fraction of sp³-hybridized carbons (Fsp3) is 0. The normalized spacial score (nSPS) is 9.38. The third kappa shape index (κ3) is 1.90. The Labute approximate surface area is 73.4 Å². The smallest absolute Gasteiger partial charge is 0.346 e. The fourth-order valence-electron chi connectivity index (χ4n) is 0.801. The summed E-state index contributed by atoms with van der Waals surface area (Å²) in [6, 6.07) is 3.27. The van der Waals surface area contributed by atoms with Gasteiger partial charge in [0, 0.05) is 0 Å². The molecule has 1 rings (SSSR count). The van der Waals surface area contributed by atoms with E-state index in [1.54, 1.807) is 0 Å². The quantitative estimate of drug-likeness (QED) is 0.520. The first-order valence-corrected chi connectivity index (χ1v) is 3.42. The van der Waals surface area contributed by atoms with E-state index in [2.05, 4.69) is 11.3 Å². The zero-order valence-corrected chi connectivity index (χ0v) is 6.59. The van der Waals surface area contributed by atoms with Crippen molar-refractivity contribution in [1.82, 2.24) is 0 Å². The highest BCUT2D eigenvalue weighted by Gasteiger charge is 2.15. The summed E-state index contributed by atoms with van der Waals surface area (Å²) in [5.74, 6) is -3.26. The molecule has 68 valence electrons. The number of rotatable bonds is 2. The predicted octanol–water partition coefficient (Wildman–Crippen LogP) is 2.27. The number of carbonyl (C=O) groups excluding carboxylic acids is 1. The molecule has 0 heterocycles. The number of carbonyl (C=O) groups is 1. The summed E-state index contributed by atoms with van der Waals surface area (Å²) < 4.78 is 29.7. The van der Waals surface area contributed by atoms with E-state index < -0.39 is 23.2 Å². The zero-order valence-electron chi connectivity index (χ0n) is 6.59. The molecule has 0 saturated carbocycles. The van der Waals surface area contributed by atoms with Gasteiger partial charge in [0.15, 0.2) is 11.6 Å². The minimum Gasteiger partial charge on any atom is -0.431 e. The van der Waals surface area contributed by atoms with Crippen molar-refractivity contribution in [2.75, 3.05) is 0 Å².